The van der Waals surface area contributed by atoms with Crippen molar-refractivity contribution in [2.75, 3.05) is 0 Å². The number of aromatic hydroxyl groups is 1. The van der Waals surface area contributed by atoms with E-state index in [1.165, 1.54) is 6.92 Å². The molecule has 0 radical (unpaired) electrons. The number of phenols is 1. The molecule has 0 spiro atoms. The molecule has 0 bridgehead atoms. The van der Waals surface area contributed by atoms with Crippen LogP contribution in [0.15, 0.2) is 70.5 Å². The number of ketones is 1. The topological polar surface area (TPSA) is 116 Å². The first-order valence-electron chi connectivity index (χ1n) is 10.8. The Bertz CT molecular complexity index is 1350. The molecule has 0 saturated carbocycles. The number of carbonyl (C=O) groups excluding carboxylic acids is 1. The van der Waals surface area contributed by atoms with Crippen molar-refractivity contribution in [2.45, 2.75) is 43.1 Å². The zero-order valence-electron chi connectivity index (χ0n) is 19.8. The van der Waals surface area contributed by atoms with Gasteiger partial charge in [0.15, 0.2) is 5.78 Å². The van der Waals surface area contributed by atoms with Gasteiger partial charge in [0, 0.05) is 15.4 Å². The van der Waals surface area contributed by atoms with Crippen molar-refractivity contribution in [1.82, 2.24) is 20.6 Å². The second kappa shape index (κ2) is 12.2. The van der Waals surface area contributed by atoms with Crippen molar-refractivity contribution in [1.29, 1.82) is 0 Å². The number of Topliss-reactive ketones (excluding diaryl/α,β-unsaturated/α-hetero) is 1. The van der Waals surface area contributed by atoms with Gasteiger partial charge in [0.05, 0.1) is 22.2 Å². The van der Waals surface area contributed by atoms with Crippen molar-refractivity contribution >= 4 is 16.6 Å². The van der Waals surface area contributed by atoms with E-state index in [9.17, 15) is 14.1 Å². The Balaban J connectivity index is 0.00000342. The van der Waals surface area contributed by atoms with E-state index in [4.69, 9.17) is 4.74 Å². The summed E-state index contributed by atoms with van der Waals surface area (Å²) >= 11 is 0. The second-order valence-corrected chi connectivity index (χ2v) is 9.16. The van der Waals surface area contributed by atoms with Crippen molar-refractivity contribution in [3.8, 4) is 22.9 Å². The minimum Gasteiger partial charge on any atom is -0.507 e. The van der Waals surface area contributed by atoms with E-state index in [2.05, 4.69) is 20.6 Å². The Kier molecular flexibility index (Phi) is 9.33. The van der Waals surface area contributed by atoms with E-state index in [-0.39, 0.29) is 53.3 Å². The van der Waals surface area contributed by atoms with Crippen LogP contribution < -0.4 is 39.5 Å². The fourth-order valence-corrected chi connectivity index (χ4v) is 4.76. The van der Waals surface area contributed by atoms with Gasteiger partial charge in [-0.15, -0.1) is 0 Å². The molecule has 8 nitrogen and oxygen atoms in total. The SMILES string of the molecule is CCCc1c(OCc2cccc(S(=O)c3cccc(-c4nn[n-]n4)c3)c2)ccc(C(C)=O)c1O.[Na+]. The number of carbonyl (C=O) groups is 1. The third-order valence-corrected chi connectivity index (χ3v) is 6.62. The minimum absolute atomic E-state index is 0. The molecule has 35 heavy (non-hydrogen) atoms. The van der Waals surface area contributed by atoms with E-state index in [1.807, 2.05) is 31.2 Å². The van der Waals surface area contributed by atoms with Gasteiger partial charge in [0.25, 0.3) is 0 Å². The van der Waals surface area contributed by atoms with Crippen molar-refractivity contribution in [3.63, 3.8) is 0 Å². The monoisotopic (exact) mass is 498 g/mol. The molecule has 1 atom stereocenters. The molecule has 4 rings (SSSR count). The molecule has 4 aromatic rings. The number of hydrogen-bond acceptors (Lipinski definition) is 7. The summed E-state index contributed by atoms with van der Waals surface area (Å²) in [5.74, 6) is 0.683. The second-order valence-electron chi connectivity index (χ2n) is 7.68. The molecule has 0 aliphatic rings. The van der Waals surface area contributed by atoms with Gasteiger partial charge in [-0.3, -0.25) is 15.2 Å². The average Bonchev–Trinajstić information content (AvgIpc) is 3.39. The van der Waals surface area contributed by atoms with Crippen LogP contribution in [0.5, 0.6) is 11.5 Å². The van der Waals surface area contributed by atoms with Crippen LogP contribution in [-0.4, -0.2) is 30.5 Å². The number of phenolic OH excluding ortho intramolecular Hbond substituents is 1. The fourth-order valence-electron chi connectivity index (χ4n) is 3.59. The van der Waals surface area contributed by atoms with Gasteiger partial charge in [-0.25, -0.2) is 9.31 Å². The molecule has 1 N–H and O–H groups in total. The Morgan fingerprint density at radius 3 is 2.51 bits per heavy atom. The smallest absolute Gasteiger partial charge is 0.507 e. The van der Waals surface area contributed by atoms with E-state index >= 15 is 0 Å². The number of tetrazole rings is 1. The molecule has 0 fully saturated rings. The number of aromatic nitrogens is 4. The Hall–Kier alpha value is -2.85. The zero-order chi connectivity index (χ0) is 24.1. The predicted molar refractivity (Wildman–Crippen MR) is 126 cm³/mol. The maximum Gasteiger partial charge on any atom is 1.00 e. The molecule has 3 aromatic carbocycles. The van der Waals surface area contributed by atoms with Gasteiger partial charge >= 0.3 is 29.6 Å². The first-order valence-corrected chi connectivity index (χ1v) is 11.9. The van der Waals surface area contributed by atoms with Crippen LogP contribution >= 0.6 is 0 Å². The molecule has 10 heteroatoms. The van der Waals surface area contributed by atoms with E-state index in [1.54, 1.807) is 36.4 Å². The van der Waals surface area contributed by atoms with Crippen LogP contribution in [0.25, 0.3) is 11.4 Å². The van der Waals surface area contributed by atoms with Crippen LogP contribution in [0.3, 0.4) is 0 Å². The maximum atomic E-state index is 13.2. The summed E-state index contributed by atoms with van der Waals surface area (Å²) in [7, 11) is -1.43. The molecule has 0 aliphatic carbocycles. The van der Waals surface area contributed by atoms with Gasteiger partial charge in [-0.2, -0.15) is 0 Å². The predicted octanol–water partition coefficient (Wildman–Crippen LogP) is 1.11. The van der Waals surface area contributed by atoms with Crippen LogP contribution in [0.4, 0.5) is 0 Å². The Morgan fingerprint density at radius 2 is 1.83 bits per heavy atom. The summed E-state index contributed by atoms with van der Waals surface area (Å²) in [6.07, 6.45) is 1.38. The van der Waals surface area contributed by atoms with E-state index in [0.29, 0.717) is 38.9 Å². The number of hydrogen-bond donors (Lipinski definition) is 1. The standard InChI is InChI=1S/C25H24N4O4S.Na/c1-3-6-22-23(12-11-21(16(2)30)24(22)31)33-15-17-7-4-9-19(13-17)34(32)20-10-5-8-18(14-20)25-26-28-29-27-25;/h4-5,7-14H,3,6,15H2,1-2H3,(H2,26,27,28,29,30,31);/q;+1/p-1. The number of nitrogens with zero attached hydrogens (tertiary/aromatic N) is 4. The summed E-state index contributed by atoms with van der Waals surface area (Å²) in [5.41, 5.74) is 2.42. The van der Waals surface area contributed by atoms with Crippen molar-refractivity contribution < 1.29 is 48.4 Å². The number of ether oxygens (including phenoxy) is 1. The van der Waals surface area contributed by atoms with E-state index < -0.39 is 10.8 Å². The molecule has 0 amide bonds. The zero-order valence-corrected chi connectivity index (χ0v) is 22.6. The first-order chi connectivity index (χ1) is 16.5. The average molecular weight is 499 g/mol. The molecule has 0 aliphatic heterocycles. The van der Waals surface area contributed by atoms with Crippen LogP contribution in [0, 0.1) is 0 Å². The van der Waals surface area contributed by atoms with Crippen molar-refractivity contribution in [3.05, 3.63) is 77.4 Å². The Morgan fingerprint density at radius 1 is 1.09 bits per heavy atom. The molecule has 0 saturated heterocycles. The Labute approximate surface area is 227 Å². The quantitative estimate of drug-likeness (QED) is 0.270. The van der Waals surface area contributed by atoms with Gasteiger partial charge < -0.3 is 14.9 Å². The first kappa shape index (κ1) is 26.7. The molecular weight excluding hydrogens is 475 g/mol. The molecule has 1 heterocycles. The summed E-state index contributed by atoms with van der Waals surface area (Å²) in [6.45, 7) is 3.64. The minimum atomic E-state index is -1.43. The summed E-state index contributed by atoms with van der Waals surface area (Å²) in [6, 6.07) is 17.8. The molecular formula is C25H23N4NaO4S. The third kappa shape index (κ3) is 6.24. The van der Waals surface area contributed by atoms with Gasteiger partial charge in [-0.1, -0.05) is 37.6 Å². The van der Waals surface area contributed by atoms with E-state index in [0.717, 1.165) is 12.0 Å². The molecule has 174 valence electrons. The summed E-state index contributed by atoms with van der Waals surface area (Å²) < 4.78 is 19.2. The largest absolute Gasteiger partial charge is 1.00 e. The summed E-state index contributed by atoms with van der Waals surface area (Å²) in [4.78, 5) is 13.0. The van der Waals surface area contributed by atoms with Crippen molar-refractivity contribution in [2.24, 2.45) is 0 Å². The van der Waals surface area contributed by atoms with Gasteiger partial charge in [0.2, 0.25) is 0 Å². The van der Waals surface area contributed by atoms with Gasteiger partial charge in [-0.05, 0) is 60.9 Å². The van der Waals surface area contributed by atoms with Gasteiger partial charge in [0.1, 0.15) is 18.1 Å². The third-order valence-electron chi connectivity index (χ3n) is 5.25. The van der Waals surface area contributed by atoms with Crippen LogP contribution in [0.1, 0.15) is 41.8 Å². The fraction of sp³-hybridized carbons (Fsp3) is 0.200. The molecule has 1 unspecified atom stereocenters. The number of benzene rings is 3. The number of rotatable bonds is 9. The maximum absolute atomic E-state index is 13.2. The molecule has 1 aromatic heterocycles. The normalized spacial score (nSPS) is 11.5. The summed E-state index contributed by atoms with van der Waals surface area (Å²) in [5, 5.41) is 25.2. The van der Waals surface area contributed by atoms with Crippen LogP contribution in [-0.2, 0) is 23.8 Å². The van der Waals surface area contributed by atoms with Crippen LogP contribution in [0.2, 0.25) is 0 Å².